The Bertz CT molecular complexity index is 1250. The number of pyridine rings is 1. The summed E-state index contributed by atoms with van der Waals surface area (Å²) in [6.07, 6.45) is 6.06. The van der Waals surface area contributed by atoms with Crippen LogP contribution in [0.5, 0.6) is 5.95 Å². The highest BCUT2D eigenvalue weighted by molar-refractivity contribution is 6.14. The van der Waals surface area contributed by atoms with Crippen molar-refractivity contribution >= 4 is 27.7 Å². The third-order valence-corrected chi connectivity index (χ3v) is 6.37. The maximum atomic E-state index is 11.8. The molecule has 2 aromatic heterocycles. The Kier molecular flexibility index (Phi) is 5.23. The lowest BCUT2D eigenvalue weighted by molar-refractivity contribution is 0.101. The van der Waals surface area contributed by atoms with Crippen LogP contribution in [0.4, 0.5) is 0 Å². The second kappa shape index (κ2) is 8.18. The van der Waals surface area contributed by atoms with Crippen LogP contribution in [0, 0.1) is 0 Å². The number of nitrogens with zero attached hydrogens (tertiary/aromatic N) is 1. The van der Waals surface area contributed by atoms with Crippen molar-refractivity contribution in [3.63, 3.8) is 0 Å². The van der Waals surface area contributed by atoms with Gasteiger partial charge in [0.15, 0.2) is 11.4 Å². The molecule has 0 spiro atoms. The van der Waals surface area contributed by atoms with Crippen LogP contribution >= 0.6 is 0 Å². The summed E-state index contributed by atoms with van der Waals surface area (Å²) in [5.41, 5.74) is 5.52. The average Bonchev–Trinajstić information content (AvgIpc) is 3.19. The Morgan fingerprint density at radius 1 is 1.06 bits per heavy atom. The van der Waals surface area contributed by atoms with Crippen molar-refractivity contribution in [3.8, 4) is 17.1 Å². The number of furan rings is 1. The van der Waals surface area contributed by atoms with Gasteiger partial charge in [0.25, 0.3) is 5.95 Å². The van der Waals surface area contributed by atoms with Crippen LogP contribution in [0.15, 0.2) is 52.9 Å². The molecule has 4 heteroatoms. The molecule has 2 heterocycles. The predicted molar refractivity (Wildman–Crippen MR) is 124 cm³/mol. The van der Waals surface area contributed by atoms with E-state index >= 15 is 0 Å². The normalized spacial score (nSPS) is 14.9. The zero-order valence-electron chi connectivity index (χ0n) is 18.1. The van der Waals surface area contributed by atoms with Crippen molar-refractivity contribution in [1.29, 1.82) is 0 Å². The summed E-state index contributed by atoms with van der Waals surface area (Å²) >= 11 is 0. The average molecular weight is 414 g/mol. The van der Waals surface area contributed by atoms with Gasteiger partial charge < -0.3 is 9.15 Å². The molecule has 158 valence electrons. The van der Waals surface area contributed by atoms with Gasteiger partial charge in [0, 0.05) is 22.3 Å². The summed E-state index contributed by atoms with van der Waals surface area (Å²) in [6.45, 7) is 4.07. The van der Waals surface area contributed by atoms with E-state index in [9.17, 15) is 4.79 Å². The highest BCUT2D eigenvalue weighted by atomic mass is 16.6. The first kappa shape index (κ1) is 19.8. The summed E-state index contributed by atoms with van der Waals surface area (Å²) in [6, 6.07) is 16.0. The molecule has 0 radical (unpaired) electrons. The van der Waals surface area contributed by atoms with Crippen LogP contribution < -0.4 is 4.74 Å². The number of ether oxygens (including phenoxy) is 1. The molecule has 4 aromatic rings. The number of carbonyl (C=O) groups excluding carboxylic acids is 1. The summed E-state index contributed by atoms with van der Waals surface area (Å²) < 4.78 is 12.4. The number of rotatable bonds is 5. The number of ketones is 1. The third kappa shape index (κ3) is 3.50. The van der Waals surface area contributed by atoms with E-state index in [0.717, 1.165) is 51.5 Å². The largest absolute Gasteiger partial charge is 0.465 e. The molecule has 1 aliphatic carbocycles. The minimum absolute atomic E-state index is 0.0582. The van der Waals surface area contributed by atoms with E-state index in [0.29, 0.717) is 24.0 Å². The molecule has 0 aliphatic heterocycles. The van der Waals surface area contributed by atoms with Gasteiger partial charge in [-0.05, 0) is 38.3 Å². The molecular formula is C27H27NO3. The molecule has 1 fully saturated rings. The topological polar surface area (TPSA) is 52.3 Å². The van der Waals surface area contributed by atoms with E-state index in [-0.39, 0.29) is 5.78 Å². The lowest BCUT2D eigenvalue weighted by Gasteiger charge is -2.21. The zero-order chi connectivity index (χ0) is 21.4. The fraction of sp³-hybridized carbons (Fsp3) is 0.333. The molecule has 0 saturated heterocycles. The number of hydrogen-bond donors (Lipinski definition) is 0. The van der Waals surface area contributed by atoms with Gasteiger partial charge in [-0.25, -0.2) is 4.98 Å². The molecule has 1 aliphatic rings. The van der Waals surface area contributed by atoms with Crippen LogP contribution in [0.25, 0.3) is 33.0 Å². The Hall–Kier alpha value is -3.14. The summed E-state index contributed by atoms with van der Waals surface area (Å²) in [4.78, 5) is 16.8. The first-order chi connectivity index (χ1) is 15.2. The molecule has 1 saturated carbocycles. The van der Waals surface area contributed by atoms with Gasteiger partial charge in [-0.15, -0.1) is 0 Å². The predicted octanol–water partition coefficient (Wildman–Crippen LogP) is 7.30. The maximum Gasteiger partial charge on any atom is 0.293 e. The monoisotopic (exact) mass is 413 g/mol. The number of benzene rings is 2. The van der Waals surface area contributed by atoms with Gasteiger partial charge in [0.1, 0.15) is 0 Å². The van der Waals surface area contributed by atoms with E-state index in [2.05, 4.69) is 12.1 Å². The van der Waals surface area contributed by atoms with E-state index in [1.807, 2.05) is 43.3 Å². The SMILES string of the molecule is CCOc1oc2c(C3CCCCC3)nc3ccccc3c2c1-c1ccc(C(C)=O)cc1. The number of Topliss-reactive ketones (excluding diaryl/α,β-unsaturated/α-hetero) is 1. The van der Waals surface area contributed by atoms with Gasteiger partial charge in [0.05, 0.1) is 23.4 Å². The van der Waals surface area contributed by atoms with Crippen LogP contribution in [0.3, 0.4) is 0 Å². The van der Waals surface area contributed by atoms with Crippen molar-refractivity contribution in [2.45, 2.75) is 51.9 Å². The van der Waals surface area contributed by atoms with Gasteiger partial charge in [-0.3, -0.25) is 4.79 Å². The van der Waals surface area contributed by atoms with E-state index < -0.39 is 0 Å². The van der Waals surface area contributed by atoms with Gasteiger partial charge in [-0.2, -0.15) is 0 Å². The number of hydrogen-bond acceptors (Lipinski definition) is 4. The van der Waals surface area contributed by atoms with Gasteiger partial charge >= 0.3 is 0 Å². The van der Waals surface area contributed by atoms with Gasteiger partial charge in [0.2, 0.25) is 0 Å². The second-order valence-corrected chi connectivity index (χ2v) is 8.38. The fourth-order valence-corrected chi connectivity index (χ4v) is 4.83. The minimum Gasteiger partial charge on any atom is -0.465 e. The van der Waals surface area contributed by atoms with Crippen LogP contribution in [0.1, 0.15) is 67.9 Å². The number of fused-ring (bicyclic) bond motifs is 3. The summed E-state index contributed by atoms with van der Waals surface area (Å²) in [7, 11) is 0. The lowest BCUT2D eigenvalue weighted by atomic mass is 9.85. The molecule has 0 N–H and O–H groups in total. The molecule has 2 aromatic carbocycles. The van der Waals surface area contributed by atoms with Crippen molar-refractivity contribution in [2.75, 3.05) is 6.61 Å². The Morgan fingerprint density at radius 3 is 2.52 bits per heavy atom. The summed E-state index contributed by atoms with van der Waals surface area (Å²) in [5, 5.41) is 2.13. The zero-order valence-corrected chi connectivity index (χ0v) is 18.1. The lowest BCUT2D eigenvalue weighted by Crippen LogP contribution is -2.07. The molecule has 0 atom stereocenters. The first-order valence-corrected chi connectivity index (χ1v) is 11.3. The second-order valence-electron chi connectivity index (χ2n) is 8.38. The molecule has 5 rings (SSSR count). The van der Waals surface area contributed by atoms with E-state index in [1.165, 1.54) is 19.3 Å². The smallest absolute Gasteiger partial charge is 0.293 e. The van der Waals surface area contributed by atoms with Gasteiger partial charge in [-0.1, -0.05) is 61.7 Å². The van der Waals surface area contributed by atoms with Crippen LogP contribution in [-0.2, 0) is 0 Å². The first-order valence-electron chi connectivity index (χ1n) is 11.3. The molecule has 4 nitrogen and oxygen atoms in total. The molecule has 0 unspecified atom stereocenters. The van der Waals surface area contributed by atoms with Crippen molar-refractivity contribution in [3.05, 3.63) is 59.8 Å². The Morgan fingerprint density at radius 2 is 1.81 bits per heavy atom. The van der Waals surface area contributed by atoms with Crippen LogP contribution in [0.2, 0.25) is 0 Å². The van der Waals surface area contributed by atoms with E-state index in [4.69, 9.17) is 14.1 Å². The molecular weight excluding hydrogens is 386 g/mol. The number of para-hydroxylation sites is 1. The highest BCUT2D eigenvalue weighted by Crippen LogP contribution is 2.47. The quantitative estimate of drug-likeness (QED) is 0.322. The third-order valence-electron chi connectivity index (χ3n) is 6.37. The van der Waals surface area contributed by atoms with Crippen molar-refractivity contribution < 1.29 is 13.9 Å². The van der Waals surface area contributed by atoms with Crippen molar-refractivity contribution in [2.24, 2.45) is 0 Å². The Balaban J connectivity index is 1.82. The molecule has 0 amide bonds. The Labute approximate surface area is 182 Å². The standard InChI is InChI=1S/C27H27NO3/c1-3-30-27-23(19-15-13-18(14-16-19)17(2)29)24-21-11-7-8-12-22(21)28-25(26(24)31-27)20-9-5-4-6-10-20/h7-8,11-16,20H,3-6,9-10H2,1-2H3. The highest BCUT2D eigenvalue weighted by Gasteiger charge is 2.27. The fourth-order valence-electron chi connectivity index (χ4n) is 4.83. The molecule has 0 bridgehead atoms. The van der Waals surface area contributed by atoms with E-state index in [1.54, 1.807) is 6.92 Å². The molecule has 31 heavy (non-hydrogen) atoms. The number of aromatic nitrogens is 1. The maximum absolute atomic E-state index is 11.8. The minimum atomic E-state index is 0.0582. The van der Waals surface area contributed by atoms with Crippen molar-refractivity contribution in [1.82, 2.24) is 4.98 Å². The number of carbonyl (C=O) groups is 1. The van der Waals surface area contributed by atoms with Crippen LogP contribution in [-0.4, -0.2) is 17.4 Å². The summed E-state index contributed by atoms with van der Waals surface area (Å²) in [5.74, 6) is 1.00.